The molecule has 0 radical (unpaired) electrons. The van der Waals surface area contributed by atoms with E-state index in [0.29, 0.717) is 24.3 Å². The van der Waals surface area contributed by atoms with Crippen LogP contribution in [0.3, 0.4) is 0 Å². The van der Waals surface area contributed by atoms with Crippen LogP contribution in [-0.4, -0.2) is 58.4 Å². The predicted molar refractivity (Wildman–Crippen MR) is 95.6 cm³/mol. The number of aromatic amines is 1. The first-order valence-electron chi connectivity index (χ1n) is 9.20. The first-order chi connectivity index (χ1) is 12.2. The molecule has 1 aliphatic carbocycles. The number of hydrogen-bond acceptors (Lipinski definition) is 5. The topological polar surface area (TPSA) is 78.5 Å². The summed E-state index contributed by atoms with van der Waals surface area (Å²) in [6.45, 7) is 3.09. The van der Waals surface area contributed by atoms with Gasteiger partial charge in [0.1, 0.15) is 5.82 Å². The van der Waals surface area contributed by atoms with Crippen LogP contribution in [0.1, 0.15) is 25.1 Å². The van der Waals surface area contributed by atoms with Crippen molar-refractivity contribution in [2.45, 2.75) is 37.8 Å². The van der Waals surface area contributed by atoms with Crippen molar-refractivity contribution in [1.82, 2.24) is 14.9 Å². The second-order valence-electron chi connectivity index (χ2n) is 7.12. The standard InChI is InChI=1S/C19H25N3O3/c23-17-7-3-5-14(17)16-12-25-11-10-22(16)9-8-18-20-15-6-2-1-4-13(15)19(24)21-18/h1-2,4,6,14,16-17,23H,3,5,7-12H2,(H,20,21,24)/t14-,16-,17+/m1/s1. The fourth-order valence-electron chi connectivity index (χ4n) is 4.25. The van der Waals surface area contributed by atoms with Crippen molar-refractivity contribution < 1.29 is 9.84 Å². The van der Waals surface area contributed by atoms with Crippen LogP contribution < -0.4 is 5.56 Å². The van der Waals surface area contributed by atoms with E-state index in [2.05, 4.69) is 14.9 Å². The molecule has 25 heavy (non-hydrogen) atoms. The molecular formula is C19H25N3O3. The number of nitrogens with one attached hydrogen (secondary N) is 1. The Morgan fingerprint density at radius 1 is 1.32 bits per heavy atom. The highest BCUT2D eigenvalue weighted by Gasteiger charge is 2.37. The molecule has 2 heterocycles. The molecule has 2 aromatic rings. The number of hydrogen-bond donors (Lipinski definition) is 2. The average molecular weight is 343 g/mol. The zero-order valence-electron chi connectivity index (χ0n) is 14.4. The normalized spacial score (nSPS) is 27.8. The third-order valence-electron chi connectivity index (χ3n) is 5.60. The summed E-state index contributed by atoms with van der Waals surface area (Å²) in [5.41, 5.74) is 0.663. The van der Waals surface area contributed by atoms with Crippen LogP contribution in [0.2, 0.25) is 0 Å². The van der Waals surface area contributed by atoms with Crippen molar-refractivity contribution in [3.63, 3.8) is 0 Å². The highest BCUT2D eigenvalue weighted by atomic mass is 16.5. The van der Waals surface area contributed by atoms with Gasteiger partial charge in [-0.3, -0.25) is 9.69 Å². The summed E-state index contributed by atoms with van der Waals surface area (Å²) in [7, 11) is 0. The lowest BCUT2D eigenvalue weighted by Gasteiger charge is -2.40. The molecule has 0 bridgehead atoms. The Balaban J connectivity index is 1.48. The number of H-pyrrole nitrogens is 1. The summed E-state index contributed by atoms with van der Waals surface area (Å²) in [6, 6.07) is 7.69. The van der Waals surface area contributed by atoms with E-state index in [0.717, 1.165) is 50.3 Å². The summed E-state index contributed by atoms with van der Waals surface area (Å²) in [6.07, 6.45) is 3.54. The number of morpholine rings is 1. The molecular weight excluding hydrogens is 318 g/mol. The Hall–Kier alpha value is -1.76. The number of nitrogens with zero attached hydrogens (tertiary/aromatic N) is 2. The highest BCUT2D eigenvalue weighted by Crippen LogP contribution is 2.32. The van der Waals surface area contributed by atoms with Crippen molar-refractivity contribution in [2.24, 2.45) is 5.92 Å². The van der Waals surface area contributed by atoms with Gasteiger partial charge in [-0.2, -0.15) is 0 Å². The van der Waals surface area contributed by atoms with E-state index in [9.17, 15) is 9.90 Å². The lowest BCUT2D eigenvalue weighted by Crippen LogP contribution is -2.51. The van der Waals surface area contributed by atoms with E-state index in [1.54, 1.807) is 6.07 Å². The van der Waals surface area contributed by atoms with Crippen LogP contribution in [-0.2, 0) is 11.2 Å². The van der Waals surface area contributed by atoms with E-state index < -0.39 is 0 Å². The van der Waals surface area contributed by atoms with Crippen molar-refractivity contribution in [2.75, 3.05) is 26.3 Å². The largest absolute Gasteiger partial charge is 0.393 e. The van der Waals surface area contributed by atoms with Crippen LogP contribution in [0.5, 0.6) is 0 Å². The molecule has 0 amide bonds. The number of aliphatic hydroxyl groups excluding tert-OH is 1. The van der Waals surface area contributed by atoms with Gasteiger partial charge in [-0.1, -0.05) is 18.6 Å². The maximum absolute atomic E-state index is 12.2. The molecule has 6 heteroatoms. The number of rotatable bonds is 4. The molecule has 6 nitrogen and oxygen atoms in total. The molecule has 4 rings (SSSR count). The van der Waals surface area contributed by atoms with E-state index in [-0.39, 0.29) is 17.7 Å². The molecule has 2 aliphatic rings. The number of para-hydroxylation sites is 1. The minimum absolute atomic E-state index is 0.0784. The van der Waals surface area contributed by atoms with Gasteiger partial charge in [0.2, 0.25) is 0 Å². The smallest absolute Gasteiger partial charge is 0.258 e. The summed E-state index contributed by atoms with van der Waals surface area (Å²) in [5, 5.41) is 10.9. The fraction of sp³-hybridized carbons (Fsp3) is 0.579. The maximum atomic E-state index is 12.2. The van der Waals surface area contributed by atoms with Crippen molar-refractivity contribution in [3.8, 4) is 0 Å². The van der Waals surface area contributed by atoms with Crippen molar-refractivity contribution in [3.05, 3.63) is 40.4 Å². The van der Waals surface area contributed by atoms with E-state index in [4.69, 9.17) is 4.74 Å². The van der Waals surface area contributed by atoms with E-state index in [1.807, 2.05) is 18.2 Å². The van der Waals surface area contributed by atoms with Gasteiger partial charge in [-0.25, -0.2) is 4.98 Å². The quantitative estimate of drug-likeness (QED) is 0.876. The van der Waals surface area contributed by atoms with Crippen molar-refractivity contribution >= 4 is 10.9 Å². The average Bonchev–Trinajstić information content (AvgIpc) is 3.06. The van der Waals surface area contributed by atoms with Crippen LogP contribution in [0.15, 0.2) is 29.1 Å². The Kier molecular flexibility index (Phi) is 4.83. The molecule has 1 aromatic heterocycles. The Morgan fingerprint density at radius 3 is 3.04 bits per heavy atom. The zero-order chi connectivity index (χ0) is 17.2. The van der Waals surface area contributed by atoms with E-state index in [1.165, 1.54) is 0 Å². The Bertz CT molecular complexity index is 791. The lowest BCUT2D eigenvalue weighted by molar-refractivity contribution is -0.0495. The minimum atomic E-state index is -0.215. The SMILES string of the molecule is O=c1[nH]c(CCN2CCOC[C@@H]2[C@H]2CCC[C@@H]2O)nc2ccccc12. The molecule has 2 N–H and O–H groups in total. The molecule has 1 aromatic carbocycles. The molecule has 0 spiro atoms. The summed E-state index contributed by atoms with van der Waals surface area (Å²) >= 11 is 0. The Morgan fingerprint density at radius 2 is 2.20 bits per heavy atom. The highest BCUT2D eigenvalue weighted by molar-refractivity contribution is 5.77. The molecule has 3 atom stereocenters. The third-order valence-corrected chi connectivity index (χ3v) is 5.60. The van der Waals surface area contributed by atoms with Gasteiger partial charge in [0.05, 0.1) is 30.2 Å². The first-order valence-corrected chi connectivity index (χ1v) is 9.20. The molecule has 1 saturated carbocycles. The molecule has 2 fully saturated rings. The molecule has 134 valence electrons. The maximum Gasteiger partial charge on any atom is 0.258 e. The number of benzene rings is 1. The number of ether oxygens (including phenoxy) is 1. The van der Waals surface area contributed by atoms with Gasteiger partial charge < -0.3 is 14.8 Å². The van der Waals surface area contributed by atoms with Crippen LogP contribution >= 0.6 is 0 Å². The van der Waals surface area contributed by atoms with Gasteiger partial charge in [0.25, 0.3) is 5.56 Å². The summed E-state index contributed by atoms with van der Waals surface area (Å²) in [5.74, 6) is 1.02. The Labute approximate surface area is 146 Å². The monoisotopic (exact) mass is 343 g/mol. The van der Waals surface area contributed by atoms with Crippen LogP contribution in [0, 0.1) is 5.92 Å². The number of aromatic nitrogens is 2. The minimum Gasteiger partial charge on any atom is -0.393 e. The van der Waals surface area contributed by atoms with Gasteiger partial charge in [0, 0.05) is 31.5 Å². The van der Waals surface area contributed by atoms with Gasteiger partial charge in [0.15, 0.2) is 0 Å². The summed E-state index contributed by atoms with van der Waals surface area (Å²) in [4.78, 5) is 22.1. The van der Waals surface area contributed by atoms with Gasteiger partial charge >= 0.3 is 0 Å². The van der Waals surface area contributed by atoms with Gasteiger partial charge in [-0.15, -0.1) is 0 Å². The number of fused-ring (bicyclic) bond motifs is 1. The molecule has 0 unspecified atom stereocenters. The predicted octanol–water partition coefficient (Wildman–Crippen LogP) is 1.33. The second-order valence-corrected chi connectivity index (χ2v) is 7.12. The van der Waals surface area contributed by atoms with Crippen LogP contribution in [0.4, 0.5) is 0 Å². The molecule has 1 aliphatic heterocycles. The summed E-state index contributed by atoms with van der Waals surface area (Å²) < 4.78 is 5.68. The second kappa shape index (κ2) is 7.23. The lowest BCUT2D eigenvalue weighted by atomic mass is 9.94. The fourth-order valence-corrected chi connectivity index (χ4v) is 4.25. The molecule has 1 saturated heterocycles. The zero-order valence-corrected chi connectivity index (χ0v) is 14.4. The third kappa shape index (κ3) is 3.47. The van der Waals surface area contributed by atoms with E-state index >= 15 is 0 Å². The van der Waals surface area contributed by atoms with Gasteiger partial charge in [-0.05, 0) is 25.0 Å². The van der Waals surface area contributed by atoms with Crippen molar-refractivity contribution in [1.29, 1.82) is 0 Å². The first kappa shape index (κ1) is 16.7. The van der Waals surface area contributed by atoms with Crippen LogP contribution in [0.25, 0.3) is 10.9 Å². The number of aliphatic hydroxyl groups is 1.